The Kier molecular flexibility index (Phi) is 4.50. The summed E-state index contributed by atoms with van der Waals surface area (Å²) in [5, 5.41) is 14.2. The lowest BCUT2D eigenvalue weighted by atomic mass is 10.0. The van der Waals surface area contributed by atoms with Crippen LogP contribution in [0.4, 0.5) is 10.1 Å². The molecule has 1 aromatic carbocycles. The van der Waals surface area contributed by atoms with Crippen molar-refractivity contribution in [2.75, 3.05) is 31.1 Å². The molecule has 0 unspecified atom stereocenters. The average Bonchev–Trinajstić information content (AvgIpc) is 3.06. The second-order valence-corrected chi connectivity index (χ2v) is 6.95. The van der Waals surface area contributed by atoms with Crippen molar-refractivity contribution in [1.82, 2.24) is 15.0 Å². The summed E-state index contributed by atoms with van der Waals surface area (Å²) in [6.07, 6.45) is 1.59. The number of pyridine rings is 1. The number of nitriles is 1. The number of hydrogen-bond donors (Lipinski definition) is 0. The molecule has 0 atom stereocenters. The number of rotatable bonds is 3. The molecule has 27 heavy (non-hydrogen) atoms. The van der Waals surface area contributed by atoms with Crippen LogP contribution in [-0.2, 0) is 6.54 Å². The van der Waals surface area contributed by atoms with Gasteiger partial charge in [0.15, 0.2) is 5.76 Å². The third-order valence-electron chi connectivity index (χ3n) is 4.96. The van der Waals surface area contributed by atoms with Crippen LogP contribution in [0.25, 0.3) is 10.9 Å². The molecule has 0 bridgehead atoms. The lowest BCUT2D eigenvalue weighted by Crippen LogP contribution is -2.46. The zero-order valence-electron chi connectivity index (χ0n) is 15.4. The fourth-order valence-corrected chi connectivity index (χ4v) is 3.69. The second-order valence-electron chi connectivity index (χ2n) is 6.95. The molecule has 1 aliphatic heterocycles. The summed E-state index contributed by atoms with van der Waals surface area (Å²) >= 11 is 0. The van der Waals surface area contributed by atoms with Crippen LogP contribution in [0.5, 0.6) is 0 Å². The first-order valence-corrected chi connectivity index (χ1v) is 8.93. The number of aromatic nitrogens is 2. The average molecular weight is 365 g/mol. The molecule has 0 spiro atoms. The minimum Gasteiger partial charge on any atom is -0.367 e. The standard InChI is InChI=1S/C20H20FN5O/c1-13-7-16(21)9-18-19(13)23-11-15(10-22)20(18)26-5-3-25(4-6-26)12-17-8-14(2)24-27-17/h7-9,11H,3-6,12H2,1-2H3. The smallest absolute Gasteiger partial charge is 0.150 e. The Morgan fingerprint density at radius 1 is 1.19 bits per heavy atom. The summed E-state index contributed by atoms with van der Waals surface area (Å²) in [5.41, 5.74) is 3.65. The van der Waals surface area contributed by atoms with Gasteiger partial charge < -0.3 is 9.42 Å². The number of benzene rings is 1. The summed E-state index contributed by atoms with van der Waals surface area (Å²) in [7, 11) is 0. The van der Waals surface area contributed by atoms with Gasteiger partial charge in [0, 0.05) is 43.8 Å². The van der Waals surface area contributed by atoms with Gasteiger partial charge in [-0.25, -0.2) is 4.39 Å². The maximum absolute atomic E-state index is 14.0. The molecule has 0 amide bonds. The Balaban J connectivity index is 1.61. The maximum Gasteiger partial charge on any atom is 0.150 e. The zero-order chi connectivity index (χ0) is 19.0. The highest BCUT2D eigenvalue weighted by molar-refractivity contribution is 5.96. The Labute approximate surface area is 156 Å². The lowest BCUT2D eigenvalue weighted by molar-refractivity contribution is 0.219. The van der Waals surface area contributed by atoms with Crippen LogP contribution in [0.15, 0.2) is 28.9 Å². The van der Waals surface area contributed by atoms with Crippen molar-refractivity contribution in [3.63, 3.8) is 0 Å². The molecule has 6 nitrogen and oxygen atoms in total. The van der Waals surface area contributed by atoms with E-state index >= 15 is 0 Å². The van der Waals surface area contributed by atoms with E-state index in [1.165, 1.54) is 12.1 Å². The molecular formula is C20H20FN5O. The van der Waals surface area contributed by atoms with E-state index in [9.17, 15) is 9.65 Å². The lowest BCUT2D eigenvalue weighted by Gasteiger charge is -2.36. The number of nitrogens with zero attached hydrogens (tertiary/aromatic N) is 5. The minimum absolute atomic E-state index is 0.308. The molecule has 2 aromatic heterocycles. The van der Waals surface area contributed by atoms with E-state index in [1.54, 1.807) is 6.20 Å². The van der Waals surface area contributed by atoms with E-state index < -0.39 is 0 Å². The number of piperazine rings is 1. The van der Waals surface area contributed by atoms with E-state index in [-0.39, 0.29) is 5.82 Å². The van der Waals surface area contributed by atoms with Gasteiger partial charge in [-0.1, -0.05) is 5.16 Å². The first-order valence-electron chi connectivity index (χ1n) is 8.93. The van der Waals surface area contributed by atoms with Crippen molar-refractivity contribution < 1.29 is 8.91 Å². The third-order valence-corrected chi connectivity index (χ3v) is 4.96. The summed E-state index contributed by atoms with van der Waals surface area (Å²) in [6, 6.07) is 7.12. The van der Waals surface area contributed by atoms with Crippen LogP contribution >= 0.6 is 0 Å². The number of hydrogen-bond acceptors (Lipinski definition) is 6. The molecule has 3 aromatic rings. The van der Waals surface area contributed by atoms with Gasteiger partial charge in [-0.15, -0.1) is 0 Å². The fraction of sp³-hybridized carbons (Fsp3) is 0.350. The largest absolute Gasteiger partial charge is 0.367 e. The van der Waals surface area contributed by atoms with E-state index in [2.05, 4.69) is 26.0 Å². The number of anilines is 1. The van der Waals surface area contributed by atoms with Crippen molar-refractivity contribution >= 4 is 16.6 Å². The molecule has 138 valence electrons. The molecule has 1 fully saturated rings. The molecule has 0 N–H and O–H groups in total. The van der Waals surface area contributed by atoms with Crippen molar-refractivity contribution in [2.45, 2.75) is 20.4 Å². The Bertz CT molecular complexity index is 1030. The molecule has 1 saturated heterocycles. The maximum atomic E-state index is 14.0. The van der Waals surface area contributed by atoms with Crippen molar-refractivity contribution in [3.8, 4) is 6.07 Å². The van der Waals surface area contributed by atoms with Crippen molar-refractivity contribution in [1.29, 1.82) is 5.26 Å². The molecular weight excluding hydrogens is 345 g/mol. The Morgan fingerprint density at radius 2 is 1.96 bits per heavy atom. The summed E-state index contributed by atoms with van der Waals surface area (Å²) in [6.45, 7) is 7.60. The Hall–Kier alpha value is -2.98. The number of aryl methyl sites for hydroxylation is 2. The molecule has 0 radical (unpaired) electrons. The SMILES string of the molecule is Cc1cc(CN2CCN(c3c(C#N)cnc4c(C)cc(F)cc34)CC2)on1. The highest BCUT2D eigenvalue weighted by atomic mass is 19.1. The highest BCUT2D eigenvalue weighted by Gasteiger charge is 2.23. The summed E-state index contributed by atoms with van der Waals surface area (Å²) in [5.74, 6) is 0.545. The van der Waals surface area contributed by atoms with Gasteiger partial charge >= 0.3 is 0 Å². The van der Waals surface area contributed by atoms with E-state index in [1.807, 2.05) is 19.9 Å². The molecule has 1 aliphatic rings. The Morgan fingerprint density at radius 3 is 2.63 bits per heavy atom. The molecule has 4 rings (SSSR count). The van der Waals surface area contributed by atoms with Crippen LogP contribution in [0.1, 0.15) is 22.6 Å². The van der Waals surface area contributed by atoms with E-state index in [4.69, 9.17) is 4.52 Å². The first kappa shape index (κ1) is 17.4. The number of fused-ring (bicyclic) bond motifs is 1. The first-order chi connectivity index (χ1) is 13.0. The van der Waals surface area contributed by atoms with Crippen molar-refractivity contribution in [2.24, 2.45) is 0 Å². The highest BCUT2D eigenvalue weighted by Crippen LogP contribution is 2.32. The fourth-order valence-electron chi connectivity index (χ4n) is 3.69. The van der Waals surface area contributed by atoms with Gasteiger partial charge in [0.1, 0.15) is 11.9 Å². The molecule has 0 aliphatic carbocycles. The monoisotopic (exact) mass is 365 g/mol. The normalized spacial score (nSPS) is 15.3. The van der Waals surface area contributed by atoms with Crippen LogP contribution in [0.2, 0.25) is 0 Å². The zero-order valence-corrected chi connectivity index (χ0v) is 15.4. The summed E-state index contributed by atoms with van der Waals surface area (Å²) < 4.78 is 19.3. The van der Waals surface area contributed by atoms with Crippen LogP contribution in [0, 0.1) is 31.0 Å². The predicted molar refractivity (Wildman–Crippen MR) is 99.9 cm³/mol. The van der Waals surface area contributed by atoms with E-state index in [0.29, 0.717) is 17.5 Å². The molecule has 0 saturated carbocycles. The molecule has 7 heteroatoms. The third kappa shape index (κ3) is 3.36. The summed E-state index contributed by atoms with van der Waals surface area (Å²) in [4.78, 5) is 8.82. The number of halogens is 1. The molecule has 3 heterocycles. The van der Waals surface area contributed by atoms with Gasteiger partial charge in [0.25, 0.3) is 0 Å². The van der Waals surface area contributed by atoms with Gasteiger partial charge in [0.2, 0.25) is 0 Å². The van der Waals surface area contributed by atoms with Gasteiger partial charge in [-0.05, 0) is 31.5 Å². The quantitative estimate of drug-likeness (QED) is 0.710. The van der Waals surface area contributed by atoms with Gasteiger partial charge in [0.05, 0.1) is 29.0 Å². The van der Waals surface area contributed by atoms with Gasteiger partial charge in [-0.2, -0.15) is 5.26 Å². The van der Waals surface area contributed by atoms with Crippen LogP contribution in [0.3, 0.4) is 0 Å². The topological polar surface area (TPSA) is 69.2 Å². The minimum atomic E-state index is -0.308. The van der Waals surface area contributed by atoms with Gasteiger partial charge in [-0.3, -0.25) is 9.88 Å². The van der Waals surface area contributed by atoms with Crippen LogP contribution in [-0.4, -0.2) is 41.2 Å². The van der Waals surface area contributed by atoms with Crippen molar-refractivity contribution in [3.05, 3.63) is 52.8 Å². The van der Waals surface area contributed by atoms with Crippen LogP contribution < -0.4 is 4.90 Å². The van der Waals surface area contributed by atoms with E-state index in [0.717, 1.165) is 54.4 Å². The second kappa shape index (κ2) is 6.97. The predicted octanol–water partition coefficient (Wildman–Crippen LogP) is 3.17.